The Morgan fingerprint density at radius 1 is 0.432 bits per heavy atom. The third-order valence-corrected chi connectivity index (χ3v) is 17.9. The fraction of sp³-hybridized carbons (Fsp3) is 0.113. The van der Waals surface area contributed by atoms with Crippen LogP contribution in [-0.2, 0) is 10.8 Å². The molecule has 3 aromatic heterocycles. The van der Waals surface area contributed by atoms with Gasteiger partial charge in [-0.15, -0.1) is 22.7 Å². The molecule has 9 aromatic carbocycles. The lowest BCUT2D eigenvalue weighted by molar-refractivity contribution is 0.590. The van der Waals surface area contributed by atoms with Gasteiger partial charge in [0.2, 0.25) is 0 Å². The molecular weight excluding hydrogens is 1050 g/mol. The number of thiophene rings is 2. The Hall–Kier alpha value is -8.44. The van der Waals surface area contributed by atoms with Crippen LogP contribution in [0, 0.1) is 17.5 Å². The minimum Gasteiger partial charge on any atom is -0.324 e. The van der Waals surface area contributed by atoms with Crippen molar-refractivity contribution in [3.05, 3.63) is 268 Å². The summed E-state index contributed by atoms with van der Waals surface area (Å²) >= 11 is 3.31. The van der Waals surface area contributed by atoms with Gasteiger partial charge in [0.15, 0.2) is 0 Å². The van der Waals surface area contributed by atoms with E-state index in [0.717, 1.165) is 61.5 Å². The second-order valence-corrected chi connectivity index (χ2v) is 25.0. The highest BCUT2D eigenvalue weighted by Gasteiger charge is 2.40. The van der Waals surface area contributed by atoms with Crippen LogP contribution in [0.2, 0.25) is 0 Å². The summed E-state index contributed by atoms with van der Waals surface area (Å²) in [6.45, 7) is 12.7. The van der Waals surface area contributed by atoms with Gasteiger partial charge >= 0.3 is 7.40 Å². The summed E-state index contributed by atoms with van der Waals surface area (Å²) in [6, 6.07) is 62.5. The summed E-state index contributed by atoms with van der Waals surface area (Å²) in [7, 11) is -3.27. The van der Waals surface area contributed by atoms with E-state index in [9.17, 15) is 0 Å². The van der Waals surface area contributed by atoms with Crippen LogP contribution in [0.5, 0.6) is 0 Å². The molecule has 0 atom stereocenters. The third-order valence-electron chi connectivity index (χ3n) is 15.6. The first-order chi connectivity index (χ1) is 39.0. The number of fused-ring (bicyclic) bond motifs is 6. The molecule has 0 fully saturated rings. The highest BCUT2D eigenvalue weighted by Crippen LogP contribution is 2.54. The van der Waals surface area contributed by atoms with Gasteiger partial charge in [-0.05, 0) is 117 Å². The van der Waals surface area contributed by atoms with E-state index in [4.69, 9.17) is 4.99 Å². The third kappa shape index (κ3) is 9.15. The zero-order valence-corrected chi connectivity index (χ0v) is 46.9. The van der Waals surface area contributed by atoms with Crippen molar-refractivity contribution in [3.63, 3.8) is 0 Å². The van der Waals surface area contributed by atoms with Gasteiger partial charge in [-0.25, -0.2) is 18.2 Å². The number of hydrogen-bond acceptors (Lipinski definition) is 3. The average Bonchev–Trinajstić information content (AvgIpc) is 4.44. The lowest BCUT2D eigenvalue weighted by atomic mass is 9.84. The number of benzene rings is 9. The van der Waals surface area contributed by atoms with E-state index in [1.807, 2.05) is 84.9 Å². The van der Waals surface area contributed by atoms with Crippen LogP contribution in [0.15, 0.2) is 217 Å². The lowest BCUT2D eigenvalue weighted by Gasteiger charge is -2.21. The zero-order chi connectivity index (χ0) is 56.1. The Balaban J connectivity index is 1.26. The molecule has 10 heteroatoms. The first-order valence-corrected chi connectivity index (χ1v) is 28.6. The molecule has 0 bridgehead atoms. The highest BCUT2D eigenvalue weighted by atomic mass is 32.1. The normalized spacial score (nSPS) is 13.8. The lowest BCUT2D eigenvalue weighted by Crippen LogP contribution is -2.19. The van der Waals surface area contributed by atoms with Crippen LogP contribution in [-0.4, -0.2) is 17.6 Å². The van der Waals surface area contributed by atoms with E-state index in [2.05, 4.69) is 90.1 Å². The fourth-order valence-corrected chi connectivity index (χ4v) is 13.8. The van der Waals surface area contributed by atoms with Crippen LogP contribution in [0.4, 0.5) is 21.8 Å². The van der Waals surface area contributed by atoms with Gasteiger partial charge in [0, 0.05) is 85.0 Å². The monoisotopic (exact) mass is 1100 g/mol. The molecular formula is C71H52BF5N2S2. The molecule has 1 aliphatic rings. The van der Waals surface area contributed by atoms with Gasteiger partial charge in [0.05, 0.1) is 17.1 Å². The summed E-state index contributed by atoms with van der Waals surface area (Å²) in [5, 5.41) is 3.97. The van der Waals surface area contributed by atoms with Crippen molar-refractivity contribution in [1.29, 1.82) is 0 Å². The Labute approximate surface area is 475 Å². The average molecular weight is 1100 g/mol. The van der Waals surface area contributed by atoms with Crippen molar-refractivity contribution >= 4 is 92.9 Å². The molecule has 0 aliphatic carbocycles. The van der Waals surface area contributed by atoms with E-state index in [0.29, 0.717) is 44.7 Å². The van der Waals surface area contributed by atoms with Crippen LogP contribution >= 0.6 is 22.7 Å². The van der Waals surface area contributed by atoms with Crippen molar-refractivity contribution < 1.29 is 21.8 Å². The number of hydrogen-bond donors (Lipinski definition) is 0. The molecule has 0 saturated heterocycles. The molecule has 1 aliphatic heterocycles. The van der Waals surface area contributed by atoms with E-state index in [-0.39, 0.29) is 50.2 Å². The van der Waals surface area contributed by atoms with Gasteiger partial charge in [0.1, 0.15) is 17.5 Å². The zero-order valence-electron chi connectivity index (χ0n) is 45.3. The Morgan fingerprint density at radius 2 is 0.901 bits per heavy atom. The second-order valence-electron chi connectivity index (χ2n) is 22.8. The molecule has 4 heterocycles. The Morgan fingerprint density at radius 3 is 1.47 bits per heavy atom. The van der Waals surface area contributed by atoms with E-state index in [1.54, 1.807) is 65.1 Å². The van der Waals surface area contributed by atoms with Crippen LogP contribution < -0.4 is 0 Å². The standard InChI is InChI=1S/C71H52BF5N2S2/c1-70(2,3)47-31-25-41(26-32-47)66-61(45-29-35-59-54(39-45)51-19-8-11-23-57(51)80-59)62(43-15-13-17-49(73)37-43)67(78-66)65(53-21-7-10-22-56(53)75)69-64(44-16-14-18-50(74)38-44)63(46-30-36-60-55(40-46)52-20-9-12-24-58(52)81-60)68(79(69)72(76)77)42-27-33-48(34-28-42)71(4,5)6/h7-40H,1-6H3/b67-65-. The summed E-state index contributed by atoms with van der Waals surface area (Å²) < 4.78 is 90.8. The number of nitrogens with zero attached hydrogens (tertiary/aromatic N) is 2. The summed E-state index contributed by atoms with van der Waals surface area (Å²) in [5.74, 6) is -1.84. The summed E-state index contributed by atoms with van der Waals surface area (Å²) in [6.07, 6.45) is 0. The molecule has 0 N–H and O–H groups in total. The number of aliphatic imine (C=N–C) groups is 1. The van der Waals surface area contributed by atoms with Crippen molar-refractivity contribution in [3.8, 4) is 33.5 Å². The van der Waals surface area contributed by atoms with Gasteiger partial charge in [0.25, 0.3) is 0 Å². The van der Waals surface area contributed by atoms with Crippen LogP contribution in [0.1, 0.15) is 80.6 Å². The Kier molecular flexibility index (Phi) is 12.8. The van der Waals surface area contributed by atoms with E-state index < -0.39 is 24.9 Å². The maximum Gasteiger partial charge on any atom is 0.678 e. The number of allylic oxidation sites excluding steroid dienone is 2. The Bertz CT molecular complexity index is 4600. The number of rotatable bonds is 9. The molecule has 0 amide bonds. The van der Waals surface area contributed by atoms with E-state index in [1.165, 1.54) is 30.3 Å². The largest absolute Gasteiger partial charge is 0.678 e. The SMILES string of the molecule is CC(C)(C)c1ccc(C2=N/C(=C(/c3ccccc3F)c3c(-c4cccc(F)c4)c(-c4ccc5sc6ccccc6c5c4)c(-c4ccc(C(C)(C)C)cc4)n3B(F)F)C(c3cccc(F)c3)=C2c2ccc3sc4ccccc4c3c2)cc1. The first-order valence-electron chi connectivity index (χ1n) is 27.0. The quantitative estimate of drug-likeness (QED) is 0.101. The van der Waals surface area contributed by atoms with Crippen LogP contribution in [0.3, 0.4) is 0 Å². The predicted molar refractivity (Wildman–Crippen MR) is 332 cm³/mol. The van der Waals surface area contributed by atoms with Gasteiger partial charge in [-0.3, -0.25) is 8.63 Å². The molecule has 0 unspecified atom stereocenters. The number of halogens is 5. The molecule has 0 radical (unpaired) electrons. The van der Waals surface area contributed by atoms with Crippen LogP contribution in [0.25, 0.3) is 90.6 Å². The maximum atomic E-state index is 17.8. The topological polar surface area (TPSA) is 17.3 Å². The van der Waals surface area contributed by atoms with Gasteiger partial charge < -0.3 is 4.48 Å². The van der Waals surface area contributed by atoms with Gasteiger partial charge in [-0.1, -0.05) is 181 Å². The van der Waals surface area contributed by atoms with Crippen molar-refractivity contribution in [1.82, 2.24) is 4.48 Å². The minimum atomic E-state index is -3.27. The highest BCUT2D eigenvalue weighted by molar-refractivity contribution is 7.26. The fourth-order valence-electron chi connectivity index (χ4n) is 11.6. The smallest absolute Gasteiger partial charge is 0.324 e. The second kappa shape index (κ2) is 20.0. The minimum absolute atomic E-state index is 0.00803. The van der Waals surface area contributed by atoms with E-state index >= 15 is 21.8 Å². The molecule has 2 nitrogen and oxygen atoms in total. The summed E-state index contributed by atoms with van der Waals surface area (Å²) in [5.41, 5.74) is 6.99. The molecule has 81 heavy (non-hydrogen) atoms. The molecule has 396 valence electrons. The maximum absolute atomic E-state index is 17.8. The number of aromatic nitrogens is 1. The van der Waals surface area contributed by atoms with Gasteiger partial charge in [-0.2, -0.15) is 0 Å². The predicted octanol–water partition coefficient (Wildman–Crippen LogP) is 20.9. The van der Waals surface area contributed by atoms with Crippen molar-refractivity contribution in [2.24, 2.45) is 4.99 Å². The first kappa shape index (κ1) is 52.0. The molecule has 0 saturated carbocycles. The van der Waals surface area contributed by atoms with Crippen molar-refractivity contribution in [2.45, 2.75) is 52.4 Å². The summed E-state index contributed by atoms with van der Waals surface area (Å²) in [4.78, 5) is 5.67. The molecule has 0 spiro atoms. The molecule has 12 aromatic rings. The van der Waals surface area contributed by atoms with Crippen molar-refractivity contribution in [2.75, 3.05) is 0 Å². The molecule has 13 rings (SSSR count).